The largest absolute Gasteiger partial charge is 0.493 e. The van der Waals surface area contributed by atoms with E-state index in [1.165, 1.54) is 12.1 Å². The Morgan fingerprint density at radius 3 is 3.05 bits per heavy atom. The van der Waals surface area contributed by atoms with Gasteiger partial charge in [-0.15, -0.1) is 0 Å². The number of hydrogen-bond donors (Lipinski definition) is 1. The first-order valence-corrected chi connectivity index (χ1v) is 7.65. The molecular formula is C16H21FN2O3. The number of morpholine rings is 1. The molecular weight excluding hydrogens is 287 g/mol. The van der Waals surface area contributed by atoms with Crippen molar-refractivity contribution >= 4 is 6.03 Å². The maximum absolute atomic E-state index is 13.5. The number of carbonyl (C=O) groups is 1. The second kappa shape index (κ2) is 6.12. The van der Waals surface area contributed by atoms with Crippen LogP contribution in [0.5, 0.6) is 5.75 Å². The van der Waals surface area contributed by atoms with Gasteiger partial charge in [0.1, 0.15) is 11.6 Å². The van der Waals surface area contributed by atoms with Crippen molar-refractivity contribution in [1.29, 1.82) is 0 Å². The lowest BCUT2D eigenvalue weighted by atomic mass is 10.0. The van der Waals surface area contributed by atoms with Crippen LogP contribution in [-0.2, 0) is 4.74 Å². The highest BCUT2D eigenvalue weighted by Gasteiger charge is 2.30. The molecule has 0 saturated carbocycles. The molecule has 0 aromatic heterocycles. The van der Waals surface area contributed by atoms with Crippen LogP contribution in [0.2, 0.25) is 0 Å². The fraction of sp³-hybridized carbons (Fsp3) is 0.562. The Balaban J connectivity index is 1.74. The summed E-state index contributed by atoms with van der Waals surface area (Å²) in [4.78, 5) is 14.3. The van der Waals surface area contributed by atoms with E-state index in [-0.39, 0.29) is 30.0 Å². The Hall–Kier alpha value is -1.82. The molecule has 1 saturated heterocycles. The summed E-state index contributed by atoms with van der Waals surface area (Å²) >= 11 is 0. The molecule has 2 aliphatic heterocycles. The van der Waals surface area contributed by atoms with Crippen molar-refractivity contribution < 1.29 is 18.7 Å². The van der Waals surface area contributed by atoms with Gasteiger partial charge in [0.05, 0.1) is 31.4 Å². The predicted octanol–water partition coefficient (Wildman–Crippen LogP) is 2.47. The number of hydrogen-bond acceptors (Lipinski definition) is 3. The molecule has 1 fully saturated rings. The summed E-state index contributed by atoms with van der Waals surface area (Å²) in [6.45, 7) is 5.52. The first-order valence-electron chi connectivity index (χ1n) is 7.65. The van der Waals surface area contributed by atoms with Crippen LogP contribution < -0.4 is 10.1 Å². The summed E-state index contributed by atoms with van der Waals surface area (Å²) in [7, 11) is 0. The molecule has 0 radical (unpaired) electrons. The Morgan fingerprint density at radius 2 is 2.23 bits per heavy atom. The van der Waals surface area contributed by atoms with Crippen molar-refractivity contribution in [1.82, 2.24) is 10.2 Å². The standard InChI is InChI=1S/C16H21FN2O3/c1-10-9-22-11(2)8-19(10)16(20)18-14-5-6-21-15-4-3-12(17)7-13(14)15/h3-4,7,10-11,14H,5-6,8-9H2,1-2H3,(H,18,20)/t10-,11+,14+/m0/s1. The number of benzene rings is 1. The fourth-order valence-corrected chi connectivity index (χ4v) is 2.93. The van der Waals surface area contributed by atoms with E-state index in [2.05, 4.69) is 5.32 Å². The third-order valence-electron chi connectivity index (χ3n) is 4.18. The van der Waals surface area contributed by atoms with Crippen molar-refractivity contribution in [3.63, 3.8) is 0 Å². The summed E-state index contributed by atoms with van der Waals surface area (Å²) in [5.41, 5.74) is 0.702. The van der Waals surface area contributed by atoms with Gasteiger partial charge in [0.2, 0.25) is 0 Å². The van der Waals surface area contributed by atoms with Crippen LogP contribution in [0.15, 0.2) is 18.2 Å². The minimum Gasteiger partial charge on any atom is -0.493 e. The quantitative estimate of drug-likeness (QED) is 0.867. The molecule has 0 unspecified atom stereocenters. The summed E-state index contributed by atoms with van der Waals surface area (Å²) < 4.78 is 24.5. The summed E-state index contributed by atoms with van der Waals surface area (Å²) in [6, 6.07) is 4.09. The molecule has 3 rings (SSSR count). The maximum atomic E-state index is 13.5. The summed E-state index contributed by atoms with van der Waals surface area (Å²) in [5, 5.41) is 3.01. The number of fused-ring (bicyclic) bond motifs is 1. The minimum atomic E-state index is -0.322. The molecule has 2 aliphatic rings. The molecule has 3 atom stereocenters. The monoisotopic (exact) mass is 308 g/mol. The van der Waals surface area contributed by atoms with Crippen LogP contribution in [0.3, 0.4) is 0 Å². The Morgan fingerprint density at radius 1 is 1.41 bits per heavy atom. The zero-order valence-electron chi connectivity index (χ0n) is 12.8. The van der Waals surface area contributed by atoms with Gasteiger partial charge >= 0.3 is 6.03 Å². The minimum absolute atomic E-state index is 0.0290. The van der Waals surface area contributed by atoms with Gasteiger partial charge in [-0.2, -0.15) is 0 Å². The van der Waals surface area contributed by atoms with Gasteiger partial charge in [-0.25, -0.2) is 9.18 Å². The molecule has 1 aromatic rings. The zero-order chi connectivity index (χ0) is 15.7. The van der Waals surface area contributed by atoms with Crippen LogP contribution in [0, 0.1) is 5.82 Å². The van der Waals surface area contributed by atoms with Gasteiger partial charge in [0, 0.05) is 18.5 Å². The van der Waals surface area contributed by atoms with Crippen LogP contribution in [-0.4, -0.2) is 42.8 Å². The van der Waals surface area contributed by atoms with E-state index in [9.17, 15) is 9.18 Å². The second-order valence-corrected chi connectivity index (χ2v) is 5.97. The third kappa shape index (κ3) is 3.02. The Kier molecular flexibility index (Phi) is 4.20. The number of amides is 2. The SMILES string of the molecule is C[C@@H]1CN(C(=O)N[C@@H]2CCOc3ccc(F)cc32)[C@@H](C)CO1. The second-order valence-electron chi connectivity index (χ2n) is 5.97. The van der Waals surface area contributed by atoms with E-state index in [4.69, 9.17) is 9.47 Å². The molecule has 2 amide bonds. The molecule has 6 heteroatoms. The number of ether oxygens (including phenoxy) is 2. The molecule has 5 nitrogen and oxygen atoms in total. The van der Waals surface area contributed by atoms with E-state index < -0.39 is 0 Å². The van der Waals surface area contributed by atoms with Crippen molar-refractivity contribution in [3.05, 3.63) is 29.6 Å². The van der Waals surface area contributed by atoms with Crippen molar-refractivity contribution in [2.24, 2.45) is 0 Å². The lowest BCUT2D eigenvalue weighted by molar-refractivity contribution is -0.0323. The number of halogens is 1. The topological polar surface area (TPSA) is 50.8 Å². The number of carbonyl (C=O) groups excluding carboxylic acids is 1. The number of nitrogens with zero attached hydrogens (tertiary/aromatic N) is 1. The van der Waals surface area contributed by atoms with E-state index in [1.807, 2.05) is 13.8 Å². The Bertz CT molecular complexity index is 566. The summed E-state index contributed by atoms with van der Waals surface area (Å²) in [5.74, 6) is 0.318. The number of urea groups is 1. The third-order valence-corrected chi connectivity index (χ3v) is 4.18. The van der Waals surface area contributed by atoms with Crippen LogP contribution in [0.25, 0.3) is 0 Å². The molecule has 1 N–H and O–H groups in total. The maximum Gasteiger partial charge on any atom is 0.318 e. The lowest BCUT2D eigenvalue weighted by Gasteiger charge is -2.38. The van der Waals surface area contributed by atoms with Gasteiger partial charge in [-0.05, 0) is 32.0 Å². The van der Waals surface area contributed by atoms with Crippen LogP contribution >= 0.6 is 0 Å². The smallest absolute Gasteiger partial charge is 0.318 e. The highest BCUT2D eigenvalue weighted by Crippen LogP contribution is 2.32. The van der Waals surface area contributed by atoms with E-state index in [0.29, 0.717) is 37.5 Å². The highest BCUT2D eigenvalue weighted by atomic mass is 19.1. The van der Waals surface area contributed by atoms with Gasteiger partial charge in [-0.3, -0.25) is 0 Å². The molecule has 0 spiro atoms. The van der Waals surface area contributed by atoms with Gasteiger partial charge < -0.3 is 19.7 Å². The van der Waals surface area contributed by atoms with Gasteiger partial charge in [0.25, 0.3) is 0 Å². The van der Waals surface area contributed by atoms with Gasteiger partial charge in [0.15, 0.2) is 0 Å². The van der Waals surface area contributed by atoms with Crippen LogP contribution in [0.1, 0.15) is 31.9 Å². The first-order chi connectivity index (χ1) is 10.5. The van der Waals surface area contributed by atoms with Crippen molar-refractivity contribution in [2.75, 3.05) is 19.8 Å². The molecule has 1 aromatic carbocycles. The van der Waals surface area contributed by atoms with Crippen LogP contribution in [0.4, 0.5) is 9.18 Å². The average Bonchev–Trinajstić information content (AvgIpc) is 2.50. The summed E-state index contributed by atoms with van der Waals surface area (Å²) in [6.07, 6.45) is 0.664. The average molecular weight is 308 g/mol. The normalized spacial score (nSPS) is 27.8. The first kappa shape index (κ1) is 15.1. The zero-order valence-corrected chi connectivity index (χ0v) is 12.8. The van der Waals surface area contributed by atoms with E-state index in [1.54, 1.807) is 11.0 Å². The highest BCUT2D eigenvalue weighted by molar-refractivity contribution is 5.75. The molecule has 22 heavy (non-hydrogen) atoms. The molecule has 120 valence electrons. The predicted molar refractivity (Wildman–Crippen MR) is 79.4 cm³/mol. The molecule has 0 bridgehead atoms. The van der Waals surface area contributed by atoms with E-state index in [0.717, 1.165) is 0 Å². The van der Waals surface area contributed by atoms with Crippen molar-refractivity contribution in [2.45, 2.75) is 38.5 Å². The van der Waals surface area contributed by atoms with Gasteiger partial charge in [-0.1, -0.05) is 0 Å². The molecule has 2 heterocycles. The number of nitrogens with one attached hydrogen (secondary N) is 1. The Labute approximate surface area is 129 Å². The molecule has 0 aliphatic carbocycles. The fourth-order valence-electron chi connectivity index (χ4n) is 2.93. The van der Waals surface area contributed by atoms with Crippen molar-refractivity contribution in [3.8, 4) is 5.75 Å². The number of rotatable bonds is 1. The lowest BCUT2D eigenvalue weighted by Crippen LogP contribution is -2.54. The van der Waals surface area contributed by atoms with E-state index >= 15 is 0 Å².